The van der Waals surface area contributed by atoms with Crippen molar-refractivity contribution in [3.8, 4) is 33.6 Å². The third-order valence-corrected chi connectivity index (χ3v) is 9.93. The second-order valence-corrected chi connectivity index (χ2v) is 12.5. The molecule has 0 saturated heterocycles. The Bertz CT molecular complexity index is 2800. The van der Waals surface area contributed by atoms with Gasteiger partial charge in [-0.05, 0) is 70.1 Å². The monoisotopic (exact) mass is 610 g/mol. The maximum Gasteiger partial charge on any atom is 0.0549 e. The predicted octanol–water partition coefficient (Wildman–Crippen LogP) is 12.4. The van der Waals surface area contributed by atoms with Crippen LogP contribution in [0.3, 0.4) is 0 Å². The third kappa shape index (κ3) is 3.93. The van der Waals surface area contributed by atoms with Gasteiger partial charge in [0.05, 0.1) is 27.8 Å². The number of hydrogen-bond donors (Lipinski definition) is 0. The van der Waals surface area contributed by atoms with Gasteiger partial charge in [-0.1, -0.05) is 140 Å². The van der Waals surface area contributed by atoms with Crippen LogP contribution in [0, 0.1) is 0 Å². The Labute approximate surface area is 278 Å². The molecule has 8 aromatic carbocycles. The lowest BCUT2D eigenvalue weighted by Crippen LogP contribution is -1.96. The van der Waals surface area contributed by atoms with Gasteiger partial charge in [0, 0.05) is 32.6 Å². The van der Waals surface area contributed by atoms with Crippen molar-refractivity contribution in [1.82, 2.24) is 9.13 Å². The number of aromatic nitrogens is 2. The first-order valence-corrected chi connectivity index (χ1v) is 16.5. The van der Waals surface area contributed by atoms with E-state index in [-0.39, 0.29) is 0 Å². The minimum absolute atomic E-state index is 1.17. The van der Waals surface area contributed by atoms with Crippen molar-refractivity contribution in [3.63, 3.8) is 0 Å². The van der Waals surface area contributed by atoms with Crippen LogP contribution in [-0.2, 0) is 0 Å². The molecule has 2 aromatic heterocycles. The van der Waals surface area contributed by atoms with Crippen LogP contribution in [0.15, 0.2) is 182 Å². The molecule has 2 nitrogen and oxygen atoms in total. The highest BCUT2D eigenvalue weighted by molar-refractivity contribution is 6.29. The van der Waals surface area contributed by atoms with Gasteiger partial charge < -0.3 is 9.13 Å². The zero-order valence-corrected chi connectivity index (χ0v) is 26.2. The molecular formula is C46H30N2. The Morgan fingerprint density at radius 2 is 0.750 bits per heavy atom. The van der Waals surface area contributed by atoms with Crippen LogP contribution in [0.25, 0.3) is 88.0 Å². The smallest absolute Gasteiger partial charge is 0.0549 e. The van der Waals surface area contributed by atoms with Crippen molar-refractivity contribution in [2.45, 2.75) is 0 Å². The van der Waals surface area contributed by atoms with Crippen LogP contribution < -0.4 is 0 Å². The second-order valence-electron chi connectivity index (χ2n) is 12.5. The molecule has 0 spiro atoms. The summed E-state index contributed by atoms with van der Waals surface area (Å²) < 4.78 is 4.88. The average molecular weight is 611 g/mol. The molecule has 224 valence electrons. The molecule has 0 aliphatic heterocycles. The van der Waals surface area contributed by atoms with Crippen molar-refractivity contribution >= 4 is 54.4 Å². The highest BCUT2D eigenvalue weighted by Gasteiger charge is 2.21. The molecule has 10 aromatic rings. The molecule has 2 heteroatoms. The maximum atomic E-state index is 2.48. The van der Waals surface area contributed by atoms with Gasteiger partial charge in [-0.2, -0.15) is 0 Å². The van der Waals surface area contributed by atoms with E-state index < -0.39 is 0 Å². The predicted molar refractivity (Wildman–Crippen MR) is 203 cm³/mol. The van der Waals surface area contributed by atoms with Crippen LogP contribution in [0.1, 0.15) is 0 Å². The Hall–Kier alpha value is -6.38. The van der Waals surface area contributed by atoms with Gasteiger partial charge in [0.25, 0.3) is 0 Å². The first-order valence-electron chi connectivity index (χ1n) is 16.5. The summed E-state index contributed by atoms with van der Waals surface area (Å²) in [7, 11) is 0. The Morgan fingerprint density at radius 3 is 1.42 bits per heavy atom. The summed E-state index contributed by atoms with van der Waals surface area (Å²) in [6.07, 6.45) is 0. The molecule has 10 rings (SSSR count). The quantitative estimate of drug-likeness (QED) is 0.188. The fourth-order valence-electron chi connectivity index (χ4n) is 7.84. The van der Waals surface area contributed by atoms with E-state index in [1.54, 1.807) is 0 Å². The lowest BCUT2D eigenvalue weighted by Gasteiger charge is -2.15. The topological polar surface area (TPSA) is 9.86 Å². The molecule has 0 amide bonds. The van der Waals surface area contributed by atoms with E-state index in [0.29, 0.717) is 0 Å². The normalized spacial score (nSPS) is 11.8. The summed E-state index contributed by atoms with van der Waals surface area (Å²) in [5.41, 5.74) is 12.1. The minimum atomic E-state index is 1.17. The van der Waals surface area contributed by atoms with Crippen molar-refractivity contribution in [3.05, 3.63) is 182 Å². The minimum Gasteiger partial charge on any atom is -0.309 e. The number of para-hydroxylation sites is 3. The number of rotatable bonds is 4. The van der Waals surface area contributed by atoms with Gasteiger partial charge >= 0.3 is 0 Å². The molecule has 0 bridgehead atoms. The molecule has 0 N–H and O–H groups in total. The van der Waals surface area contributed by atoms with Crippen LogP contribution in [0.2, 0.25) is 0 Å². The van der Waals surface area contributed by atoms with Gasteiger partial charge in [0.2, 0.25) is 0 Å². The zero-order valence-electron chi connectivity index (χ0n) is 26.2. The summed E-state index contributed by atoms with van der Waals surface area (Å²) in [5, 5.41) is 7.59. The summed E-state index contributed by atoms with van der Waals surface area (Å²) in [6.45, 7) is 0. The molecule has 0 aliphatic carbocycles. The molecule has 0 radical (unpaired) electrons. The SMILES string of the molecule is c1ccc(-c2ccc(-c3ccc(-n4c5ccccc5c5c6c7ccccc7n(-c7ccccc7)c6ccc54)c4ccccc34)cc2)cc1. The number of nitrogens with zero attached hydrogens (tertiary/aromatic N) is 2. The largest absolute Gasteiger partial charge is 0.309 e. The van der Waals surface area contributed by atoms with Crippen molar-refractivity contribution < 1.29 is 0 Å². The molecule has 0 saturated carbocycles. The van der Waals surface area contributed by atoms with Gasteiger partial charge in [-0.3, -0.25) is 0 Å². The number of fused-ring (bicyclic) bond motifs is 8. The number of hydrogen-bond acceptors (Lipinski definition) is 0. The van der Waals surface area contributed by atoms with Crippen LogP contribution in [-0.4, -0.2) is 9.13 Å². The second kappa shape index (κ2) is 10.6. The third-order valence-electron chi connectivity index (χ3n) is 9.93. The molecule has 48 heavy (non-hydrogen) atoms. The standard InChI is InChI=1S/C46H30N2/c1-3-13-31(14-4-1)32-23-25-33(26-24-32)35-27-28-42(37-18-8-7-17-36(35)37)48-41-22-12-10-20-39(41)46-44(48)30-29-43-45(46)38-19-9-11-21-40(38)47(43)34-15-5-2-6-16-34/h1-30H. The van der Waals surface area contributed by atoms with Gasteiger partial charge in [-0.25, -0.2) is 0 Å². The first kappa shape index (κ1) is 26.8. The van der Waals surface area contributed by atoms with E-state index in [9.17, 15) is 0 Å². The van der Waals surface area contributed by atoms with Gasteiger partial charge in [0.1, 0.15) is 0 Å². The van der Waals surface area contributed by atoms with E-state index in [2.05, 4.69) is 191 Å². The van der Waals surface area contributed by atoms with E-state index >= 15 is 0 Å². The first-order chi connectivity index (χ1) is 23.8. The van der Waals surface area contributed by atoms with Gasteiger partial charge in [-0.15, -0.1) is 0 Å². The summed E-state index contributed by atoms with van der Waals surface area (Å²) in [5.74, 6) is 0. The molecule has 2 heterocycles. The molecule has 0 unspecified atom stereocenters. The highest BCUT2D eigenvalue weighted by Crippen LogP contribution is 2.43. The fourth-order valence-corrected chi connectivity index (χ4v) is 7.84. The summed E-state index contributed by atoms with van der Waals surface area (Å²) in [6, 6.07) is 66.1. The van der Waals surface area contributed by atoms with Crippen LogP contribution in [0.4, 0.5) is 0 Å². The lowest BCUT2D eigenvalue weighted by molar-refractivity contribution is 1.18. The average Bonchev–Trinajstić information content (AvgIpc) is 3.68. The highest BCUT2D eigenvalue weighted by atomic mass is 15.0. The zero-order chi connectivity index (χ0) is 31.6. The van der Waals surface area contributed by atoms with E-state index in [0.717, 1.165) is 0 Å². The Balaban J connectivity index is 1.24. The maximum absolute atomic E-state index is 2.48. The van der Waals surface area contributed by atoms with Crippen LogP contribution in [0.5, 0.6) is 0 Å². The summed E-state index contributed by atoms with van der Waals surface area (Å²) >= 11 is 0. The lowest BCUT2D eigenvalue weighted by atomic mass is 9.95. The molecular weight excluding hydrogens is 581 g/mol. The van der Waals surface area contributed by atoms with E-state index in [1.165, 1.54) is 88.0 Å². The van der Waals surface area contributed by atoms with E-state index in [1.807, 2.05) is 0 Å². The van der Waals surface area contributed by atoms with E-state index in [4.69, 9.17) is 0 Å². The summed E-state index contributed by atoms with van der Waals surface area (Å²) in [4.78, 5) is 0. The van der Waals surface area contributed by atoms with Crippen molar-refractivity contribution in [2.75, 3.05) is 0 Å². The Kier molecular flexibility index (Phi) is 5.91. The number of benzene rings is 8. The van der Waals surface area contributed by atoms with Crippen molar-refractivity contribution in [2.24, 2.45) is 0 Å². The van der Waals surface area contributed by atoms with Crippen LogP contribution >= 0.6 is 0 Å². The van der Waals surface area contributed by atoms with Crippen molar-refractivity contribution in [1.29, 1.82) is 0 Å². The fraction of sp³-hybridized carbons (Fsp3) is 0. The molecule has 0 atom stereocenters. The molecule has 0 aliphatic rings. The Morgan fingerprint density at radius 1 is 0.271 bits per heavy atom. The van der Waals surface area contributed by atoms with Gasteiger partial charge in [0.15, 0.2) is 0 Å². The molecule has 0 fully saturated rings.